The third-order valence-electron chi connectivity index (χ3n) is 4.25. The molecule has 1 aromatic carbocycles. The molecule has 0 radical (unpaired) electrons. The van der Waals surface area contributed by atoms with Crippen molar-refractivity contribution in [1.82, 2.24) is 10.4 Å². The molecule has 1 N–H and O–H groups in total. The van der Waals surface area contributed by atoms with Gasteiger partial charge < -0.3 is 18.2 Å². The molecular weight excluding hydrogens is 371 g/mol. The van der Waals surface area contributed by atoms with Gasteiger partial charge in [-0.3, -0.25) is 9.36 Å². The largest absolute Gasteiger partial charge is 0.464 e. The molecule has 0 saturated carbocycles. The first-order valence-corrected chi connectivity index (χ1v) is 10.7. The average molecular weight is 396 g/mol. The van der Waals surface area contributed by atoms with Crippen LogP contribution in [0, 0.1) is 0 Å². The standard InChI is InChI=1S/C18H25N2O6P/c1-3-25-27(22,26-4-2)18(19-20-9-11-23-12-10-20)15-13-24-16-8-6-5-7-14(16)17(15)21/h5-8,13,18-19H,3-4,9-12H2,1-2H3. The first-order valence-electron chi connectivity index (χ1n) is 9.07. The van der Waals surface area contributed by atoms with Crippen molar-refractivity contribution in [2.75, 3.05) is 39.5 Å². The van der Waals surface area contributed by atoms with Crippen LogP contribution in [-0.4, -0.2) is 44.5 Å². The fourth-order valence-electron chi connectivity index (χ4n) is 3.00. The molecule has 1 aromatic heterocycles. The fraction of sp³-hybridized carbons (Fsp3) is 0.500. The summed E-state index contributed by atoms with van der Waals surface area (Å²) in [6.45, 7) is 6.12. The van der Waals surface area contributed by atoms with Gasteiger partial charge in [0.05, 0.1) is 37.4 Å². The lowest BCUT2D eigenvalue weighted by Crippen LogP contribution is -2.48. The fourth-order valence-corrected chi connectivity index (χ4v) is 4.92. The highest BCUT2D eigenvalue weighted by molar-refractivity contribution is 7.54. The zero-order chi connectivity index (χ0) is 19.3. The van der Waals surface area contributed by atoms with E-state index >= 15 is 0 Å². The first kappa shape index (κ1) is 20.2. The summed E-state index contributed by atoms with van der Waals surface area (Å²) in [7, 11) is -3.68. The Morgan fingerprint density at radius 3 is 2.52 bits per heavy atom. The summed E-state index contributed by atoms with van der Waals surface area (Å²) in [5, 5.41) is 2.29. The number of benzene rings is 1. The number of para-hydroxylation sites is 1. The van der Waals surface area contributed by atoms with E-state index in [2.05, 4.69) is 5.43 Å². The number of hydrogen-bond donors (Lipinski definition) is 1. The summed E-state index contributed by atoms with van der Waals surface area (Å²) in [5.41, 5.74) is 3.59. The van der Waals surface area contributed by atoms with Crippen molar-refractivity contribution in [2.24, 2.45) is 0 Å². The quantitative estimate of drug-likeness (QED) is 0.682. The van der Waals surface area contributed by atoms with Gasteiger partial charge in [-0.25, -0.2) is 10.4 Å². The number of hydrazine groups is 1. The molecule has 1 unspecified atom stereocenters. The van der Waals surface area contributed by atoms with Crippen molar-refractivity contribution in [3.05, 3.63) is 46.3 Å². The Balaban J connectivity index is 2.06. The van der Waals surface area contributed by atoms with E-state index < -0.39 is 13.4 Å². The van der Waals surface area contributed by atoms with Crippen LogP contribution in [-0.2, 0) is 18.3 Å². The van der Waals surface area contributed by atoms with Crippen LogP contribution in [0.1, 0.15) is 25.2 Å². The zero-order valence-corrected chi connectivity index (χ0v) is 16.4. The summed E-state index contributed by atoms with van der Waals surface area (Å²) in [6, 6.07) is 6.95. The second-order valence-corrected chi connectivity index (χ2v) is 8.14. The van der Waals surface area contributed by atoms with Crippen molar-refractivity contribution in [1.29, 1.82) is 0 Å². The molecule has 0 bridgehead atoms. The van der Waals surface area contributed by atoms with Crippen molar-refractivity contribution in [3.63, 3.8) is 0 Å². The molecule has 1 saturated heterocycles. The molecular formula is C18H25N2O6P. The molecule has 1 aliphatic rings. The lowest BCUT2D eigenvalue weighted by Gasteiger charge is -2.34. The Morgan fingerprint density at radius 2 is 1.85 bits per heavy atom. The van der Waals surface area contributed by atoms with E-state index in [1.807, 2.05) is 5.01 Å². The van der Waals surface area contributed by atoms with Crippen molar-refractivity contribution in [3.8, 4) is 0 Å². The molecule has 2 aromatic rings. The molecule has 1 fully saturated rings. The lowest BCUT2D eigenvalue weighted by atomic mass is 10.2. The van der Waals surface area contributed by atoms with Crippen LogP contribution >= 0.6 is 7.60 Å². The number of nitrogens with zero attached hydrogens (tertiary/aromatic N) is 1. The van der Waals surface area contributed by atoms with E-state index in [1.54, 1.807) is 38.1 Å². The van der Waals surface area contributed by atoms with Gasteiger partial charge in [-0.15, -0.1) is 0 Å². The maximum Gasteiger partial charge on any atom is 0.353 e. The van der Waals surface area contributed by atoms with Crippen LogP contribution in [0.2, 0.25) is 0 Å². The predicted octanol–water partition coefficient (Wildman–Crippen LogP) is 2.89. The van der Waals surface area contributed by atoms with Gasteiger partial charge in [-0.05, 0) is 26.0 Å². The summed E-state index contributed by atoms with van der Waals surface area (Å²) in [5.74, 6) is -0.976. The van der Waals surface area contributed by atoms with Crippen LogP contribution in [0.25, 0.3) is 11.0 Å². The molecule has 3 rings (SSSR count). The second-order valence-electron chi connectivity index (χ2n) is 6.02. The van der Waals surface area contributed by atoms with E-state index in [-0.39, 0.29) is 24.2 Å². The van der Waals surface area contributed by atoms with Gasteiger partial charge in [0.25, 0.3) is 0 Å². The van der Waals surface area contributed by atoms with E-state index in [0.717, 1.165) is 0 Å². The minimum atomic E-state index is -3.68. The number of morpholine rings is 1. The number of fused-ring (bicyclic) bond motifs is 1. The Kier molecular flexibility index (Phi) is 6.81. The number of rotatable bonds is 8. The molecule has 8 nitrogen and oxygen atoms in total. The van der Waals surface area contributed by atoms with E-state index in [4.69, 9.17) is 18.2 Å². The Bertz CT molecular complexity index is 854. The summed E-state index contributed by atoms with van der Waals surface area (Å²) >= 11 is 0. The molecule has 27 heavy (non-hydrogen) atoms. The molecule has 0 aliphatic carbocycles. The molecule has 2 heterocycles. The average Bonchev–Trinajstić information content (AvgIpc) is 2.68. The maximum atomic E-state index is 13.5. The highest BCUT2D eigenvalue weighted by Gasteiger charge is 2.40. The topological polar surface area (TPSA) is 90.2 Å². The van der Waals surface area contributed by atoms with E-state index in [0.29, 0.717) is 37.3 Å². The summed E-state index contributed by atoms with van der Waals surface area (Å²) < 4.78 is 35.6. The monoisotopic (exact) mass is 396 g/mol. The summed E-state index contributed by atoms with van der Waals surface area (Å²) in [6.07, 6.45) is 1.34. The van der Waals surface area contributed by atoms with Crippen LogP contribution in [0.5, 0.6) is 0 Å². The summed E-state index contributed by atoms with van der Waals surface area (Å²) in [4.78, 5) is 13.1. The second kappa shape index (κ2) is 9.10. The molecule has 148 valence electrons. The van der Waals surface area contributed by atoms with Gasteiger partial charge in [0.2, 0.25) is 0 Å². The van der Waals surface area contributed by atoms with Gasteiger partial charge in [-0.2, -0.15) is 0 Å². The van der Waals surface area contributed by atoms with Crippen molar-refractivity contribution < 1.29 is 22.8 Å². The molecule has 0 amide bonds. The van der Waals surface area contributed by atoms with E-state index in [9.17, 15) is 9.36 Å². The smallest absolute Gasteiger partial charge is 0.353 e. The number of nitrogens with one attached hydrogen (secondary N) is 1. The van der Waals surface area contributed by atoms with Crippen LogP contribution in [0.15, 0.2) is 39.7 Å². The third-order valence-corrected chi connectivity index (χ3v) is 6.51. The minimum absolute atomic E-state index is 0.192. The molecule has 9 heteroatoms. The van der Waals surface area contributed by atoms with Gasteiger partial charge in [0, 0.05) is 13.1 Å². The van der Waals surface area contributed by atoms with Gasteiger partial charge in [0.1, 0.15) is 11.8 Å². The highest BCUT2D eigenvalue weighted by Crippen LogP contribution is 2.59. The number of hydrogen-bond acceptors (Lipinski definition) is 8. The van der Waals surface area contributed by atoms with Crippen LogP contribution in [0.4, 0.5) is 0 Å². The Labute approximate surface area is 157 Å². The highest BCUT2D eigenvalue weighted by atomic mass is 31.2. The first-order chi connectivity index (χ1) is 13.1. The predicted molar refractivity (Wildman–Crippen MR) is 102 cm³/mol. The molecule has 1 aliphatic heterocycles. The number of ether oxygens (including phenoxy) is 1. The van der Waals surface area contributed by atoms with Crippen molar-refractivity contribution >= 4 is 18.6 Å². The SMILES string of the molecule is CCOP(=O)(OCC)C(NN1CCOCC1)c1coc2ccccc2c1=O. The Morgan fingerprint density at radius 1 is 1.19 bits per heavy atom. The lowest BCUT2D eigenvalue weighted by molar-refractivity contribution is 0.00635. The maximum absolute atomic E-state index is 13.5. The molecule has 0 spiro atoms. The van der Waals surface area contributed by atoms with Gasteiger partial charge in [-0.1, -0.05) is 12.1 Å². The normalized spacial score (nSPS) is 17.3. The molecule has 1 atom stereocenters. The zero-order valence-electron chi connectivity index (χ0n) is 15.6. The van der Waals surface area contributed by atoms with E-state index in [1.165, 1.54) is 6.26 Å². The third kappa shape index (κ3) is 4.48. The van der Waals surface area contributed by atoms with Gasteiger partial charge >= 0.3 is 7.60 Å². The Hall–Kier alpha value is -1.54. The van der Waals surface area contributed by atoms with Gasteiger partial charge in [0.15, 0.2) is 11.2 Å². The minimum Gasteiger partial charge on any atom is -0.464 e. The van der Waals surface area contributed by atoms with Crippen LogP contribution < -0.4 is 10.9 Å². The van der Waals surface area contributed by atoms with Crippen LogP contribution in [0.3, 0.4) is 0 Å². The van der Waals surface area contributed by atoms with Crippen molar-refractivity contribution in [2.45, 2.75) is 19.6 Å².